The molecule has 204 valence electrons. The van der Waals surface area contributed by atoms with Crippen LogP contribution in [0, 0.1) is 5.92 Å². The lowest BCUT2D eigenvalue weighted by atomic mass is 9.63. The van der Waals surface area contributed by atoms with Crippen LogP contribution in [-0.2, 0) is 10.2 Å². The smallest absolute Gasteiger partial charge is 0.238 e. The van der Waals surface area contributed by atoms with Crippen molar-refractivity contribution in [2.24, 2.45) is 5.92 Å². The number of Topliss-reactive ketones (excluding diaryl/α,β-unsaturated/α-hetero) is 2. The van der Waals surface area contributed by atoms with Crippen LogP contribution in [0.4, 0.5) is 5.69 Å². The average Bonchev–Trinajstić information content (AvgIpc) is 3.73. The number of carbonyl (C=O) groups is 3. The van der Waals surface area contributed by atoms with Crippen molar-refractivity contribution < 1.29 is 23.9 Å². The third-order valence-electron chi connectivity index (χ3n) is 8.56. The zero-order chi connectivity index (χ0) is 28.3. The Kier molecular flexibility index (Phi) is 5.83. The minimum Gasteiger partial charge on any atom is -0.497 e. The SMILES string of the molecule is COc1ccc(OC)c(C(=O)[C@H]2[C@@H](C(=O)c3cccs3)[C@]3(C(=O)Nc4ccccc43)[C@H]3c4ccccc4C=CN23)c1. The number of anilines is 1. The number of nitrogens with zero attached hydrogens (tertiary/aromatic N) is 1. The molecule has 7 rings (SSSR count). The van der Waals surface area contributed by atoms with E-state index in [-0.39, 0.29) is 23.0 Å². The summed E-state index contributed by atoms with van der Waals surface area (Å²) in [5, 5.41) is 4.91. The van der Waals surface area contributed by atoms with E-state index in [0.29, 0.717) is 27.6 Å². The van der Waals surface area contributed by atoms with Gasteiger partial charge < -0.3 is 19.7 Å². The number of benzene rings is 3. The highest BCUT2D eigenvalue weighted by atomic mass is 32.1. The molecule has 0 aliphatic carbocycles. The molecule has 0 radical (unpaired) electrons. The lowest BCUT2D eigenvalue weighted by molar-refractivity contribution is -0.122. The quantitative estimate of drug-likeness (QED) is 0.302. The van der Waals surface area contributed by atoms with Crippen LogP contribution in [-0.4, -0.2) is 42.6 Å². The molecule has 4 heterocycles. The molecular formula is C33H26N2O5S. The Labute approximate surface area is 241 Å². The Hall–Kier alpha value is -4.69. The molecule has 4 atom stereocenters. The molecule has 1 aromatic heterocycles. The third-order valence-corrected chi connectivity index (χ3v) is 9.44. The fourth-order valence-corrected chi connectivity index (χ4v) is 7.61. The third kappa shape index (κ3) is 3.47. The van der Waals surface area contributed by atoms with E-state index in [2.05, 4.69) is 5.32 Å². The van der Waals surface area contributed by atoms with Crippen LogP contribution in [0.5, 0.6) is 11.5 Å². The van der Waals surface area contributed by atoms with Crippen LogP contribution < -0.4 is 14.8 Å². The fraction of sp³-hybridized carbons (Fsp3) is 0.182. The van der Waals surface area contributed by atoms with Gasteiger partial charge in [-0.25, -0.2) is 0 Å². The molecule has 4 aromatic rings. The maximum Gasteiger partial charge on any atom is 0.238 e. The van der Waals surface area contributed by atoms with E-state index in [4.69, 9.17) is 9.47 Å². The number of hydrogen-bond acceptors (Lipinski definition) is 7. The molecule has 1 amide bonds. The summed E-state index contributed by atoms with van der Waals surface area (Å²) in [7, 11) is 3.04. The van der Waals surface area contributed by atoms with Gasteiger partial charge in [-0.15, -0.1) is 11.3 Å². The highest BCUT2D eigenvalue weighted by molar-refractivity contribution is 7.12. The summed E-state index contributed by atoms with van der Waals surface area (Å²) in [5.41, 5.74) is 2.12. The summed E-state index contributed by atoms with van der Waals surface area (Å²) in [6.45, 7) is 0. The first kappa shape index (κ1) is 25.3. The van der Waals surface area contributed by atoms with Crippen molar-refractivity contribution in [1.82, 2.24) is 4.90 Å². The van der Waals surface area contributed by atoms with E-state index in [9.17, 15) is 14.4 Å². The molecule has 8 heteroatoms. The first-order chi connectivity index (χ1) is 20.0. The van der Waals surface area contributed by atoms with Crippen molar-refractivity contribution in [1.29, 1.82) is 0 Å². The van der Waals surface area contributed by atoms with Crippen LogP contribution in [0.25, 0.3) is 6.08 Å². The average molecular weight is 563 g/mol. The molecule has 1 N–H and O–H groups in total. The molecule has 41 heavy (non-hydrogen) atoms. The number of thiophene rings is 1. The van der Waals surface area contributed by atoms with Crippen LogP contribution in [0.15, 0.2) is 90.4 Å². The van der Waals surface area contributed by atoms with Crippen LogP contribution >= 0.6 is 11.3 Å². The van der Waals surface area contributed by atoms with E-state index in [1.165, 1.54) is 25.6 Å². The van der Waals surface area contributed by atoms with Gasteiger partial charge in [-0.3, -0.25) is 14.4 Å². The van der Waals surface area contributed by atoms with Gasteiger partial charge in [-0.2, -0.15) is 0 Å². The summed E-state index contributed by atoms with van der Waals surface area (Å²) >= 11 is 1.31. The van der Waals surface area contributed by atoms with Gasteiger partial charge in [0.25, 0.3) is 0 Å². The predicted octanol–water partition coefficient (Wildman–Crippen LogP) is 5.75. The van der Waals surface area contributed by atoms with Gasteiger partial charge in [0.2, 0.25) is 5.91 Å². The number of ketones is 2. The largest absolute Gasteiger partial charge is 0.497 e. The van der Waals surface area contributed by atoms with Crippen molar-refractivity contribution >= 4 is 40.6 Å². The van der Waals surface area contributed by atoms with Crippen molar-refractivity contribution in [3.05, 3.63) is 118 Å². The van der Waals surface area contributed by atoms with Crippen LogP contribution in [0.2, 0.25) is 0 Å². The molecule has 7 nitrogen and oxygen atoms in total. The Morgan fingerprint density at radius 1 is 0.927 bits per heavy atom. The predicted molar refractivity (Wildman–Crippen MR) is 157 cm³/mol. The number of fused-ring (bicyclic) bond motifs is 6. The van der Waals surface area contributed by atoms with Gasteiger partial charge >= 0.3 is 0 Å². The van der Waals surface area contributed by atoms with Gasteiger partial charge in [0.15, 0.2) is 11.6 Å². The number of amides is 1. The van der Waals surface area contributed by atoms with Crippen LogP contribution in [0.1, 0.15) is 42.8 Å². The fourth-order valence-electron chi connectivity index (χ4n) is 6.91. The van der Waals surface area contributed by atoms with Gasteiger partial charge in [-0.05, 0) is 58.5 Å². The minimum atomic E-state index is -1.37. The van der Waals surface area contributed by atoms with E-state index < -0.39 is 23.4 Å². The van der Waals surface area contributed by atoms with Gasteiger partial charge in [-0.1, -0.05) is 48.5 Å². The number of para-hydroxylation sites is 1. The summed E-state index contributed by atoms with van der Waals surface area (Å²) in [6, 6.07) is 22.3. The van der Waals surface area contributed by atoms with Crippen molar-refractivity contribution in [2.75, 3.05) is 19.5 Å². The first-order valence-electron chi connectivity index (χ1n) is 13.3. The highest BCUT2D eigenvalue weighted by Crippen LogP contribution is 2.62. The summed E-state index contributed by atoms with van der Waals surface area (Å²) in [4.78, 5) is 46.4. The van der Waals surface area contributed by atoms with E-state index >= 15 is 0 Å². The number of ether oxygens (including phenoxy) is 2. The Morgan fingerprint density at radius 2 is 1.73 bits per heavy atom. The summed E-state index contributed by atoms with van der Waals surface area (Å²) in [5.74, 6) is -1.03. The van der Waals surface area contributed by atoms with Gasteiger partial charge in [0.05, 0.1) is 36.6 Å². The normalized spacial score (nSPS) is 23.5. The number of hydrogen-bond donors (Lipinski definition) is 1. The molecule has 1 fully saturated rings. The van der Waals surface area contributed by atoms with Crippen molar-refractivity contribution in [3.63, 3.8) is 0 Å². The van der Waals surface area contributed by atoms with Crippen molar-refractivity contribution in [2.45, 2.75) is 17.5 Å². The van der Waals surface area contributed by atoms with Crippen LogP contribution in [0.3, 0.4) is 0 Å². The number of methoxy groups -OCH3 is 2. The Balaban J connectivity index is 1.54. The summed E-state index contributed by atoms with van der Waals surface area (Å²) in [6.07, 6.45) is 3.80. The molecule has 0 bridgehead atoms. The lowest BCUT2D eigenvalue weighted by Gasteiger charge is -2.38. The second-order valence-corrected chi connectivity index (χ2v) is 11.3. The van der Waals surface area contributed by atoms with Gasteiger partial charge in [0.1, 0.15) is 23.0 Å². The molecule has 1 spiro atoms. The second-order valence-electron chi connectivity index (χ2n) is 10.4. The lowest BCUT2D eigenvalue weighted by Crippen LogP contribution is -2.49. The molecule has 3 aliphatic heterocycles. The molecule has 0 unspecified atom stereocenters. The minimum absolute atomic E-state index is 0.243. The monoisotopic (exact) mass is 562 g/mol. The molecule has 0 saturated carbocycles. The zero-order valence-electron chi connectivity index (χ0n) is 22.4. The van der Waals surface area contributed by atoms with Gasteiger partial charge in [0, 0.05) is 11.9 Å². The Morgan fingerprint density at radius 3 is 2.51 bits per heavy atom. The maximum absolute atomic E-state index is 14.8. The number of nitrogens with one attached hydrogen (secondary N) is 1. The van der Waals surface area contributed by atoms with E-state index in [0.717, 1.165) is 11.1 Å². The molecule has 3 aromatic carbocycles. The van der Waals surface area contributed by atoms with Crippen molar-refractivity contribution in [3.8, 4) is 11.5 Å². The topological polar surface area (TPSA) is 84.9 Å². The highest BCUT2D eigenvalue weighted by Gasteiger charge is 2.71. The Bertz CT molecular complexity index is 1750. The maximum atomic E-state index is 14.8. The zero-order valence-corrected chi connectivity index (χ0v) is 23.2. The summed E-state index contributed by atoms with van der Waals surface area (Å²) < 4.78 is 11.1. The second kappa shape index (κ2) is 9.45. The van der Waals surface area contributed by atoms with E-state index in [1.54, 1.807) is 24.3 Å². The van der Waals surface area contributed by atoms with E-state index in [1.807, 2.05) is 77.2 Å². The molecule has 3 aliphatic rings. The molecule has 1 saturated heterocycles. The molecular weight excluding hydrogens is 536 g/mol. The number of carbonyl (C=O) groups excluding carboxylic acids is 3. The standard InChI is InChI=1S/C33H26N2O5S/c1-39-20-13-14-25(40-2)22(18-20)29(36)28-27(30(37)26-12-7-17-41-26)33(23-10-5-6-11-24(23)34-32(33)38)31-21-9-4-3-8-19(21)15-16-35(28)31/h3-18,27-28,31H,1-2H3,(H,34,38)/t27-,28+,31+,33-/m0/s1. The number of rotatable bonds is 6. The first-order valence-corrected chi connectivity index (χ1v) is 14.2.